The van der Waals surface area contributed by atoms with E-state index in [-0.39, 0.29) is 0 Å². The van der Waals surface area contributed by atoms with Gasteiger partial charge in [-0.05, 0) is 80.0 Å². The molecule has 0 N–H and O–H groups in total. The Morgan fingerprint density at radius 2 is 1.03 bits per heavy atom. The fraction of sp³-hybridized carbons (Fsp3) is 0.520. The summed E-state index contributed by atoms with van der Waals surface area (Å²) < 4.78 is 11.5. The molecule has 0 bridgehead atoms. The first kappa shape index (κ1) is 24.3. The topological polar surface area (TPSA) is 43.2 Å². The molecule has 4 nitrogen and oxygen atoms in total. The predicted octanol–water partition coefficient (Wildman–Crippen LogP) is 8.32. The Hall–Kier alpha value is -2.01. The summed E-state index contributed by atoms with van der Waals surface area (Å²) in [7, 11) is 0. The standard InChI is InChI=1S/C25H36N2O2S/c1-2-3-4-5-6-8-19-28-24-15-11-22(12-16-24)26-27-23-13-17-25(18-14-23)29-20-9-7-10-21-30/h11-18,30H,2-10,19-21H2,1H3. The lowest BCUT2D eigenvalue weighted by Crippen LogP contribution is -1.97. The van der Waals surface area contributed by atoms with E-state index in [0.29, 0.717) is 0 Å². The second-order valence-electron chi connectivity index (χ2n) is 7.44. The van der Waals surface area contributed by atoms with Crippen molar-refractivity contribution in [2.24, 2.45) is 10.2 Å². The Morgan fingerprint density at radius 3 is 1.50 bits per heavy atom. The highest BCUT2D eigenvalue weighted by Gasteiger charge is 1.98. The van der Waals surface area contributed by atoms with Gasteiger partial charge in [0.25, 0.3) is 0 Å². The van der Waals surface area contributed by atoms with Crippen LogP contribution in [0.25, 0.3) is 0 Å². The van der Waals surface area contributed by atoms with Gasteiger partial charge in [-0.1, -0.05) is 39.0 Å². The molecular weight excluding hydrogens is 392 g/mol. The average molecular weight is 429 g/mol. The third-order valence-electron chi connectivity index (χ3n) is 4.79. The number of rotatable bonds is 16. The summed E-state index contributed by atoms with van der Waals surface area (Å²) in [5.74, 6) is 2.69. The number of unbranched alkanes of at least 4 members (excludes halogenated alkanes) is 7. The quantitative estimate of drug-likeness (QED) is 0.166. The van der Waals surface area contributed by atoms with Gasteiger partial charge in [-0.2, -0.15) is 22.9 Å². The van der Waals surface area contributed by atoms with Crippen molar-refractivity contribution in [1.82, 2.24) is 0 Å². The maximum absolute atomic E-state index is 5.81. The van der Waals surface area contributed by atoms with Gasteiger partial charge in [-0.25, -0.2) is 0 Å². The van der Waals surface area contributed by atoms with Gasteiger partial charge in [0, 0.05) is 0 Å². The summed E-state index contributed by atoms with van der Waals surface area (Å²) in [6.07, 6.45) is 11.0. The Kier molecular flexibility index (Phi) is 12.8. The van der Waals surface area contributed by atoms with Crippen molar-refractivity contribution >= 4 is 24.0 Å². The van der Waals surface area contributed by atoms with Crippen LogP contribution in [0.1, 0.15) is 64.7 Å². The molecule has 0 unspecified atom stereocenters. The average Bonchev–Trinajstić information content (AvgIpc) is 2.78. The Balaban J connectivity index is 1.68. The van der Waals surface area contributed by atoms with Crippen molar-refractivity contribution in [1.29, 1.82) is 0 Å². The van der Waals surface area contributed by atoms with Crippen LogP contribution in [0.4, 0.5) is 11.4 Å². The van der Waals surface area contributed by atoms with Crippen LogP contribution >= 0.6 is 12.6 Å². The van der Waals surface area contributed by atoms with E-state index in [4.69, 9.17) is 9.47 Å². The SMILES string of the molecule is CCCCCCCCOc1ccc(N=Nc2ccc(OCCCCCS)cc2)cc1. The minimum Gasteiger partial charge on any atom is -0.494 e. The van der Waals surface area contributed by atoms with Crippen molar-refractivity contribution in [3.63, 3.8) is 0 Å². The number of benzene rings is 2. The molecule has 0 fully saturated rings. The van der Waals surface area contributed by atoms with Crippen molar-refractivity contribution in [2.75, 3.05) is 19.0 Å². The molecule has 164 valence electrons. The Morgan fingerprint density at radius 1 is 0.600 bits per heavy atom. The highest BCUT2D eigenvalue weighted by Crippen LogP contribution is 2.23. The second-order valence-corrected chi connectivity index (χ2v) is 7.88. The summed E-state index contributed by atoms with van der Waals surface area (Å²) in [5.41, 5.74) is 1.62. The number of ether oxygens (including phenoxy) is 2. The van der Waals surface area contributed by atoms with Gasteiger partial charge in [-0.3, -0.25) is 0 Å². The summed E-state index contributed by atoms with van der Waals surface area (Å²) in [4.78, 5) is 0. The molecule has 0 aliphatic rings. The molecule has 0 atom stereocenters. The fourth-order valence-electron chi connectivity index (χ4n) is 2.99. The first-order valence-corrected chi connectivity index (χ1v) is 11.9. The maximum Gasteiger partial charge on any atom is 0.119 e. The van der Waals surface area contributed by atoms with Gasteiger partial charge in [0.1, 0.15) is 11.5 Å². The lowest BCUT2D eigenvalue weighted by atomic mass is 10.1. The summed E-state index contributed by atoms with van der Waals surface area (Å²) in [6, 6.07) is 15.5. The van der Waals surface area contributed by atoms with Gasteiger partial charge in [0.2, 0.25) is 0 Å². The van der Waals surface area contributed by atoms with E-state index < -0.39 is 0 Å². The molecule has 2 aromatic rings. The number of hydrogen-bond donors (Lipinski definition) is 1. The molecule has 30 heavy (non-hydrogen) atoms. The van der Waals surface area contributed by atoms with Crippen molar-refractivity contribution in [3.8, 4) is 11.5 Å². The molecule has 0 aliphatic heterocycles. The van der Waals surface area contributed by atoms with E-state index in [1.807, 2.05) is 48.5 Å². The summed E-state index contributed by atoms with van der Waals surface area (Å²) in [6.45, 7) is 3.75. The van der Waals surface area contributed by atoms with Crippen LogP contribution in [0, 0.1) is 0 Å². The minimum atomic E-state index is 0.738. The van der Waals surface area contributed by atoms with E-state index in [0.717, 1.165) is 67.5 Å². The Labute approximate surface area is 187 Å². The van der Waals surface area contributed by atoms with Crippen LogP contribution in [0.5, 0.6) is 11.5 Å². The number of nitrogens with zero attached hydrogens (tertiary/aromatic N) is 2. The Bertz CT molecular complexity index is 702. The van der Waals surface area contributed by atoms with Gasteiger partial charge in [-0.15, -0.1) is 0 Å². The molecule has 0 heterocycles. The molecule has 0 aliphatic carbocycles. The van der Waals surface area contributed by atoms with Crippen LogP contribution in [0.2, 0.25) is 0 Å². The fourth-order valence-corrected chi connectivity index (χ4v) is 3.21. The molecule has 0 spiro atoms. The van der Waals surface area contributed by atoms with Gasteiger partial charge in [0.05, 0.1) is 24.6 Å². The first-order valence-electron chi connectivity index (χ1n) is 11.3. The number of hydrogen-bond acceptors (Lipinski definition) is 5. The zero-order valence-corrected chi connectivity index (χ0v) is 19.2. The van der Waals surface area contributed by atoms with E-state index in [1.54, 1.807) is 0 Å². The van der Waals surface area contributed by atoms with E-state index in [1.165, 1.54) is 32.1 Å². The molecule has 2 aromatic carbocycles. The zero-order valence-electron chi connectivity index (χ0n) is 18.3. The lowest BCUT2D eigenvalue weighted by molar-refractivity contribution is 0.304. The zero-order chi connectivity index (χ0) is 21.3. The highest BCUT2D eigenvalue weighted by atomic mass is 32.1. The van der Waals surface area contributed by atoms with Crippen LogP contribution in [-0.2, 0) is 0 Å². The lowest BCUT2D eigenvalue weighted by Gasteiger charge is -2.06. The third kappa shape index (κ3) is 10.7. The normalized spacial score (nSPS) is 11.1. The largest absolute Gasteiger partial charge is 0.494 e. The molecule has 0 radical (unpaired) electrons. The van der Waals surface area contributed by atoms with Gasteiger partial charge < -0.3 is 9.47 Å². The first-order chi connectivity index (χ1) is 14.8. The summed E-state index contributed by atoms with van der Waals surface area (Å²) in [5, 5.41) is 8.60. The van der Waals surface area contributed by atoms with Gasteiger partial charge in [0.15, 0.2) is 0 Å². The molecular formula is C25H36N2O2S. The van der Waals surface area contributed by atoms with E-state index >= 15 is 0 Å². The molecule has 5 heteroatoms. The van der Waals surface area contributed by atoms with Crippen molar-refractivity contribution < 1.29 is 9.47 Å². The second kappa shape index (κ2) is 15.8. The number of thiol groups is 1. The molecule has 2 rings (SSSR count). The highest BCUT2D eigenvalue weighted by molar-refractivity contribution is 7.80. The van der Waals surface area contributed by atoms with Crippen LogP contribution in [0.3, 0.4) is 0 Å². The van der Waals surface area contributed by atoms with Crippen molar-refractivity contribution in [2.45, 2.75) is 64.7 Å². The maximum atomic E-state index is 5.81. The van der Waals surface area contributed by atoms with Gasteiger partial charge >= 0.3 is 0 Å². The molecule has 0 aromatic heterocycles. The van der Waals surface area contributed by atoms with Crippen LogP contribution < -0.4 is 9.47 Å². The summed E-state index contributed by atoms with van der Waals surface area (Å²) >= 11 is 4.22. The molecule has 0 amide bonds. The molecule has 0 saturated heterocycles. The monoisotopic (exact) mass is 428 g/mol. The van der Waals surface area contributed by atoms with Crippen molar-refractivity contribution in [3.05, 3.63) is 48.5 Å². The third-order valence-corrected chi connectivity index (χ3v) is 5.11. The smallest absolute Gasteiger partial charge is 0.119 e. The van der Waals surface area contributed by atoms with Crippen LogP contribution in [0.15, 0.2) is 58.8 Å². The number of azo groups is 1. The molecule has 0 saturated carbocycles. The predicted molar refractivity (Wildman–Crippen MR) is 129 cm³/mol. The minimum absolute atomic E-state index is 0.738. The van der Waals surface area contributed by atoms with E-state index in [2.05, 4.69) is 29.8 Å². The van der Waals surface area contributed by atoms with E-state index in [9.17, 15) is 0 Å². The van der Waals surface area contributed by atoms with Crippen LogP contribution in [-0.4, -0.2) is 19.0 Å².